The van der Waals surface area contributed by atoms with Gasteiger partial charge in [0.15, 0.2) is 0 Å². The third-order valence-electron chi connectivity index (χ3n) is 3.99. The fourth-order valence-electron chi connectivity index (χ4n) is 2.95. The van der Waals surface area contributed by atoms with Gasteiger partial charge in [-0.05, 0) is 30.6 Å². The summed E-state index contributed by atoms with van der Waals surface area (Å²) in [4.78, 5) is 0. The Morgan fingerprint density at radius 2 is 1.86 bits per heavy atom. The van der Waals surface area contributed by atoms with Crippen molar-refractivity contribution in [2.45, 2.75) is 65.4 Å². The molecule has 0 spiro atoms. The van der Waals surface area contributed by atoms with Gasteiger partial charge in [0, 0.05) is 0 Å². The monoisotopic (exact) mass is 198 g/mol. The summed E-state index contributed by atoms with van der Waals surface area (Å²) < 4.78 is 0. The molecule has 1 saturated carbocycles. The van der Waals surface area contributed by atoms with Gasteiger partial charge in [-0.3, -0.25) is 0 Å². The van der Waals surface area contributed by atoms with Crippen LogP contribution in [0.1, 0.15) is 59.3 Å². The molecule has 84 valence electrons. The van der Waals surface area contributed by atoms with Gasteiger partial charge in [0.05, 0.1) is 6.10 Å². The van der Waals surface area contributed by atoms with E-state index < -0.39 is 0 Å². The van der Waals surface area contributed by atoms with E-state index in [9.17, 15) is 5.11 Å². The lowest BCUT2D eigenvalue weighted by molar-refractivity contribution is 0.0211. The summed E-state index contributed by atoms with van der Waals surface area (Å²) in [5.74, 6) is 1.95. The molecule has 1 aliphatic carbocycles. The molecule has 1 aliphatic rings. The third-order valence-corrected chi connectivity index (χ3v) is 3.99. The molecule has 1 N–H and O–H groups in total. The van der Waals surface area contributed by atoms with Crippen molar-refractivity contribution in [3.05, 3.63) is 0 Å². The summed E-state index contributed by atoms with van der Waals surface area (Å²) >= 11 is 0. The zero-order valence-electron chi connectivity index (χ0n) is 10.00. The summed E-state index contributed by atoms with van der Waals surface area (Å²) in [5, 5.41) is 10.3. The van der Waals surface area contributed by atoms with E-state index in [1.807, 2.05) is 0 Å². The molecule has 0 aromatic rings. The molecule has 1 rings (SSSR count). The standard InChI is InChI=1S/C13H26O/c1-4-11(5-2)13(14)12-8-6-7-10(3)9-12/h10-14H,4-9H2,1-3H3. The molecular formula is C13H26O. The van der Waals surface area contributed by atoms with Crippen molar-refractivity contribution in [3.8, 4) is 0 Å². The summed E-state index contributed by atoms with van der Waals surface area (Å²) in [5.41, 5.74) is 0. The number of hydrogen-bond acceptors (Lipinski definition) is 1. The van der Waals surface area contributed by atoms with Gasteiger partial charge in [-0.15, -0.1) is 0 Å². The van der Waals surface area contributed by atoms with E-state index in [2.05, 4.69) is 20.8 Å². The minimum atomic E-state index is -0.0345. The molecule has 0 aliphatic heterocycles. The van der Waals surface area contributed by atoms with Crippen LogP contribution in [0.2, 0.25) is 0 Å². The predicted molar refractivity (Wildman–Crippen MR) is 61.2 cm³/mol. The van der Waals surface area contributed by atoms with Crippen LogP contribution in [0, 0.1) is 17.8 Å². The molecule has 0 amide bonds. The first kappa shape index (κ1) is 12.0. The molecule has 0 saturated heterocycles. The van der Waals surface area contributed by atoms with Crippen LogP contribution in [-0.4, -0.2) is 11.2 Å². The van der Waals surface area contributed by atoms with Gasteiger partial charge in [0.2, 0.25) is 0 Å². The zero-order valence-corrected chi connectivity index (χ0v) is 10.00. The number of hydrogen-bond donors (Lipinski definition) is 1. The van der Waals surface area contributed by atoms with Crippen molar-refractivity contribution in [1.29, 1.82) is 0 Å². The number of rotatable bonds is 4. The van der Waals surface area contributed by atoms with E-state index in [1.54, 1.807) is 0 Å². The van der Waals surface area contributed by atoms with Crippen molar-refractivity contribution in [3.63, 3.8) is 0 Å². The number of aliphatic hydroxyl groups is 1. The van der Waals surface area contributed by atoms with Gasteiger partial charge in [-0.1, -0.05) is 46.5 Å². The Bertz CT molecular complexity index is 151. The maximum absolute atomic E-state index is 10.3. The highest BCUT2D eigenvalue weighted by atomic mass is 16.3. The molecule has 0 bridgehead atoms. The van der Waals surface area contributed by atoms with Crippen LogP contribution >= 0.6 is 0 Å². The molecule has 0 aromatic heterocycles. The lowest BCUT2D eigenvalue weighted by Gasteiger charge is -2.34. The first-order valence-electron chi connectivity index (χ1n) is 6.37. The fraction of sp³-hybridized carbons (Fsp3) is 1.00. The Morgan fingerprint density at radius 1 is 1.21 bits per heavy atom. The van der Waals surface area contributed by atoms with E-state index >= 15 is 0 Å². The minimum Gasteiger partial charge on any atom is -0.393 e. The predicted octanol–water partition coefficient (Wildman–Crippen LogP) is 3.61. The molecule has 1 nitrogen and oxygen atoms in total. The van der Waals surface area contributed by atoms with Gasteiger partial charge in [-0.2, -0.15) is 0 Å². The van der Waals surface area contributed by atoms with Crippen LogP contribution in [0.3, 0.4) is 0 Å². The van der Waals surface area contributed by atoms with E-state index in [4.69, 9.17) is 0 Å². The van der Waals surface area contributed by atoms with Crippen LogP contribution in [-0.2, 0) is 0 Å². The summed E-state index contributed by atoms with van der Waals surface area (Å²) in [7, 11) is 0. The van der Waals surface area contributed by atoms with Gasteiger partial charge in [0.25, 0.3) is 0 Å². The molecule has 0 heterocycles. The third kappa shape index (κ3) is 2.98. The maximum atomic E-state index is 10.3. The average molecular weight is 198 g/mol. The Hall–Kier alpha value is -0.0400. The van der Waals surface area contributed by atoms with Gasteiger partial charge < -0.3 is 5.11 Å². The quantitative estimate of drug-likeness (QED) is 0.731. The second kappa shape index (κ2) is 5.75. The van der Waals surface area contributed by atoms with Crippen LogP contribution in [0.25, 0.3) is 0 Å². The SMILES string of the molecule is CCC(CC)C(O)C1CCCC(C)C1. The highest BCUT2D eigenvalue weighted by Gasteiger charge is 2.29. The van der Waals surface area contributed by atoms with E-state index in [0.717, 1.165) is 18.8 Å². The Labute approximate surface area is 88.9 Å². The summed E-state index contributed by atoms with van der Waals surface area (Å²) in [6, 6.07) is 0. The van der Waals surface area contributed by atoms with Crippen LogP contribution < -0.4 is 0 Å². The molecular weight excluding hydrogens is 172 g/mol. The number of aliphatic hydroxyl groups excluding tert-OH is 1. The lowest BCUT2D eigenvalue weighted by atomic mass is 9.75. The van der Waals surface area contributed by atoms with Crippen LogP contribution in [0.5, 0.6) is 0 Å². The smallest absolute Gasteiger partial charge is 0.0596 e. The van der Waals surface area contributed by atoms with E-state index in [-0.39, 0.29) is 6.10 Å². The highest BCUT2D eigenvalue weighted by Crippen LogP contribution is 2.34. The minimum absolute atomic E-state index is 0.0345. The first-order valence-corrected chi connectivity index (χ1v) is 6.37. The Kier molecular flexibility index (Phi) is 4.94. The zero-order chi connectivity index (χ0) is 10.6. The van der Waals surface area contributed by atoms with Crippen LogP contribution in [0.15, 0.2) is 0 Å². The fourth-order valence-corrected chi connectivity index (χ4v) is 2.95. The van der Waals surface area contributed by atoms with Gasteiger partial charge >= 0.3 is 0 Å². The molecule has 1 fully saturated rings. The summed E-state index contributed by atoms with van der Waals surface area (Å²) in [6.07, 6.45) is 7.41. The molecule has 0 radical (unpaired) electrons. The highest BCUT2D eigenvalue weighted by molar-refractivity contribution is 4.80. The Balaban J connectivity index is 2.45. The second-order valence-corrected chi connectivity index (χ2v) is 5.10. The topological polar surface area (TPSA) is 20.2 Å². The normalized spacial score (nSPS) is 30.6. The van der Waals surface area contributed by atoms with Crippen molar-refractivity contribution in [1.82, 2.24) is 0 Å². The molecule has 14 heavy (non-hydrogen) atoms. The van der Waals surface area contributed by atoms with Gasteiger partial charge in [-0.25, -0.2) is 0 Å². The Morgan fingerprint density at radius 3 is 2.36 bits per heavy atom. The second-order valence-electron chi connectivity index (χ2n) is 5.10. The molecule has 3 atom stereocenters. The maximum Gasteiger partial charge on any atom is 0.0596 e. The van der Waals surface area contributed by atoms with E-state index in [0.29, 0.717) is 11.8 Å². The van der Waals surface area contributed by atoms with Crippen molar-refractivity contribution < 1.29 is 5.11 Å². The van der Waals surface area contributed by atoms with E-state index in [1.165, 1.54) is 25.7 Å². The van der Waals surface area contributed by atoms with Crippen molar-refractivity contribution in [2.24, 2.45) is 17.8 Å². The average Bonchev–Trinajstić information content (AvgIpc) is 2.19. The molecule has 0 aromatic carbocycles. The lowest BCUT2D eigenvalue weighted by Crippen LogP contribution is -2.31. The largest absolute Gasteiger partial charge is 0.393 e. The summed E-state index contributed by atoms with van der Waals surface area (Å²) in [6.45, 7) is 6.72. The molecule has 1 heteroatoms. The molecule has 3 unspecified atom stereocenters. The van der Waals surface area contributed by atoms with Crippen molar-refractivity contribution in [2.75, 3.05) is 0 Å². The van der Waals surface area contributed by atoms with Crippen LogP contribution in [0.4, 0.5) is 0 Å². The first-order chi connectivity index (χ1) is 6.69. The van der Waals surface area contributed by atoms with Gasteiger partial charge in [0.1, 0.15) is 0 Å². The van der Waals surface area contributed by atoms with Crippen molar-refractivity contribution >= 4 is 0 Å².